The van der Waals surface area contributed by atoms with Crippen molar-refractivity contribution in [3.05, 3.63) is 40.2 Å². The summed E-state index contributed by atoms with van der Waals surface area (Å²) >= 11 is 1.14. The molecule has 0 spiro atoms. The molecule has 0 atom stereocenters. The molecule has 1 aromatic heterocycles. The van der Waals surface area contributed by atoms with Crippen LogP contribution in [0.1, 0.15) is 16.1 Å². The Hall–Kier alpha value is -1.47. The van der Waals surface area contributed by atoms with Gasteiger partial charge in [-0.15, -0.1) is 11.3 Å². The number of alkyl halides is 3. The van der Waals surface area contributed by atoms with E-state index in [1.165, 1.54) is 0 Å². The number of hydrogen-bond donors (Lipinski definition) is 1. The van der Waals surface area contributed by atoms with E-state index in [0.717, 1.165) is 34.4 Å². The molecule has 0 aliphatic heterocycles. The molecule has 0 bridgehead atoms. The maximum absolute atomic E-state index is 13.3. The Bertz CT molecular complexity index is 619. The quantitative estimate of drug-likeness (QED) is 0.867. The highest BCUT2D eigenvalue weighted by molar-refractivity contribution is 7.15. The molecule has 0 saturated heterocycles. The van der Waals surface area contributed by atoms with Crippen LogP contribution in [0, 0.1) is 12.7 Å². The lowest BCUT2D eigenvalue weighted by atomic mass is 10.1. The average Bonchev–Trinajstić information content (AvgIpc) is 2.70. The standard InChI is InChI=1S/C13H12F4N2S/c1-7-11(6-18-2)20-12(19-7)9-5-8(14)3-4-10(9)13(15,16)17/h3-5,18H,6H2,1-2H3. The van der Waals surface area contributed by atoms with Gasteiger partial charge in [0, 0.05) is 17.0 Å². The fourth-order valence-corrected chi connectivity index (χ4v) is 2.91. The molecule has 1 aromatic carbocycles. The van der Waals surface area contributed by atoms with Gasteiger partial charge in [-0.05, 0) is 32.2 Å². The third-order valence-corrected chi connectivity index (χ3v) is 3.94. The van der Waals surface area contributed by atoms with Crippen LogP contribution in [0.3, 0.4) is 0 Å². The summed E-state index contributed by atoms with van der Waals surface area (Å²) < 4.78 is 52.2. The van der Waals surface area contributed by atoms with Crippen molar-refractivity contribution in [2.75, 3.05) is 7.05 Å². The smallest absolute Gasteiger partial charge is 0.315 e. The van der Waals surface area contributed by atoms with Gasteiger partial charge < -0.3 is 5.32 Å². The zero-order chi connectivity index (χ0) is 14.9. The molecule has 0 saturated carbocycles. The van der Waals surface area contributed by atoms with Crippen LogP contribution in [0.4, 0.5) is 17.6 Å². The lowest BCUT2D eigenvalue weighted by Gasteiger charge is -2.10. The molecular weight excluding hydrogens is 292 g/mol. The largest absolute Gasteiger partial charge is 0.417 e. The summed E-state index contributed by atoms with van der Waals surface area (Å²) in [6.07, 6.45) is -4.54. The molecule has 2 aromatic rings. The molecule has 0 amide bonds. The van der Waals surface area contributed by atoms with Crippen molar-refractivity contribution < 1.29 is 17.6 Å². The van der Waals surface area contributed by atoms with Crippen LogP contribution < -0.4 is 5.32 Å². The van der Waals surface area contributed by atoms with Gasteiger partial charge in [-0.25, -0.2) is 9.37 Å². The second-order valence-corrected chi connectivity index (χ2v) is 5.33. The number of hydrogen-bond acceptors (Lipinski definition) is 3. The number of nitrogens with one attached hydrogen (secondary N) is 1. The van der Waals surface area contributed by atoms with Crippen molar-refractivity contribution in [1.29, 1.82) is 0 Å². The van der Waals surface area contributed by atoms with Crippen LogP contribution in [0.2, 0.25) is 0 Å². The molecule has 0 aliphatic carbocycles. The third kappa shape index (κ3) is 2.99. The second kappa shape index (κ2) is 5.49. The van der Waals surface area contributed by atoms with E-state index in [1.807, 2.05) is 0 Å². The highest BCUT2D eigenvalue weighted by Crippen LogP contribution is 2.39. The van der Waals surface area contributed by atoms with Gasteiger partial charge in [0.25, 0.3) is 0 Å². The first-order valence-corrected chi connectivity index (χ1v) is 6.62. The first-order chi connectivity index (χ1) is 9.32. The summed E-state index contributed by atoms with van der Waals surface area (Å²) in [6.45, 7) is 2.24. The molecular formula is C13H12F4N2S. The van der Waals surface area contributed by atoms with Crippen LogP contribution >= 0.6 is 11.3 Å². The Morgan fingerprint density at radius 2 is 2.00 bits per heavy atom. The van der Waals surface area contributed by atoms with Crippen LogP contribution in [-0.4, -0.2) is 12.0 Å². The van der Waals surface area contributed by atoms with Gasteiger partial charge in [0.05, 0.1) is 11.3 Å². The molecule has 1 heterocycles. The highest BCUT2D eigenvalue weighted by atomic mass is 32.1. The first-order valence-electron chi connectivity index (χ1n) is 5.81. The van der Waals surface area contributed by atoms with Gasteiger partial charge in [-0.1, -0.05) is 0 Å². The average molecular weight is 304 g/mol. The van der Waals surface area contributed by atoms with Crippen molar-refractivity contribution in [2.24, 2.45) is 0 Å². The van der Waals surface area contributed by atoms with Crippen molar-refractivity contribution in [3.63, 3.8) is 0 Å². The number of aromatic nitrogens is 1. The number of nitrogens with zero attached hydrogens (tertiary/aromatic N) is 1. The van der Waals surface area contributed by atoms with E-state index in [9.17, 15) is 17.6 Å². The normalized spacial score (nSPS) is 11.9. The molecule has 0 aliphatic rings. The Morgan fingerprint density at radius 1 is 1.30 bits per heavy atom. The van der Waals surface area contributed by atoms with Crippen molar-refractivity contribution in [1.82, 2.24) is 10.3 Å². The fourth-order valence-electron chi connectivity index (χ4n) is 1.81. The molecule has 2 rings (SSSR count). The highest BCUT2D eigenvalue weighted by Gasteiger charge is 2.34. The minimum absolute atomic E-state index is 0.180. The molecule has 2 nitrogen and oxygen atoms in total. The SMILES string of the molecule is CNCc1sc(-c2cc(F)ccc2C(F)(F)F)nc1C. The Labute approximate surface area is 117 Å². The molecule has 0 unspecified atom stereocenters. The van der Waals surface area contributed by atoms with Gasteiger partial charge in [-0.3, -0.25) is 0 Å². The molecule has 108 valence electrons. The summed E-state index contributed by atoms with van der Waals surface area (Å²) in [7, 11) is 1.74. The number of halogens is 4. The Morgan fingerprint density at radius 3 is 2.60 bits per heavy atom. The van der Waals surface area contributed by atoms with E-state index in [2.05, 4.69) is 10.3 Å². The van der Waals surface area contributed by atoms with Gasteiger partial charge in [0.1, 0.15) is 10.8 Å². The number of aryl methyl sites for hydroxylation is 1. The first kappa shape index (κ1) is 14.9. The van der Waals surface area contributed by atoms with E-state index >= 15 is 0 Å². The van der Waals surface area contributed by atoms with Crippen LogP contribution in [0.5, 0.6) is 0 Å². The fraction of sp³-hybridized carbons (Fsp3) is 0.308. The van der Waals surface area contributed by atoms with E-state index in [4.69, 9.17) is 0 Å². The maximum Gasteiger partial charge on any atom is 0.417 e. The van der Waals surface area contributed by atoms with Crippen LogP contribution in [0.15, 0.2) is 18.2 Å². The lowest BCUT2D eigenvalue weighted by Crippen LogP contribution is -2.07. The number of rotatable bonds is 3. The summed E-state index contributed by atoms with van der Waals surface area (Å²) in [5, 5.41) is 3.10. The monoisotopic (exact) mass is 304 g/mol. The molecule has 1 N–H and O–H groups in total. The number of benzene rings is 1. The third-order valence-electron chi connectivity index (χ3n) is 2.75. The lowest BCUT2D eigenvalue weighted by molar-refractivity contribution is -0.137. The Balaban J connectivity index is 2.56. The van der Waals surface area contributed by atoms with Gasteiger partial charge in [0.15, 0.2) is 0 Å². The van der Waals surface area contributed by atoms with E-state index in [-0.39, 0.29) is 10.6 Å². The van der Waals surface area contributed by atoms with E-state index < -0.39 is 17.6 Å². The van der Waals surface area contributed by atoms with Gasteiger partial charge in [0.2, 0.25) is 0 Å². The minimum Gasteiger partial charge on any atom is -0.315 e. The molecule has 0 fully saturated rings. The molecule has 0 radical (unpaired) electrons. The van der Waals surface area contributed by atoms with E-state index in [0.29, 0.717) is 12.2 Å². The molecule has 20 heavy (non-hydrogen) atoms. The number of thiazole rings is 1. The maximum atomic E-state index is 13.3. The van der Waals surface area contributed by atoms with Gasteiger partial charge in [-0.2, -0.15) is 13.2 Å². The van der Waals surface area contributed by atoms with Crippen molar-refractivity contribution >= 4 is 11.3 Å². The van der Waals surface area contributed by atoms with Crippen molar-refractivity contribution in [2.45, 2.75) is 19.6 Å². The topological polar surface area (TPSA) is 24.9 Å². The predicted octanol–water partition coefficient (Wildman–Crippen LogP) is 4.00. The van der Waals surface area contributed by atoms with Crippen LogP contribution in [0.25, 0.3) is 10.6 Å². The summed E-state index contributed by atoms with van der Waals surface area (Å²) in [4.78, 5) is 4.96. The summed E-state index contributed by atoms with van der Waals surface area (Å²) in [6, 6.07) is 2.44. The zero-order valence-electron chi connectivity index (χ0n) is 10.8. The van der Waals surface area contributed by atoms with Crippen molar-refractivity contribution in [3.8, 4) is 10.6 Å². The summed E-state index contributed by atoms with van der Waals surface area (Å²) in [5.74, 6) is -0.712. The van der Waals surface area contributed by atoms with Gasteiger partial charge >= 0.3 is 6.18 Å². The second-order valence-electron chi connectivity index (χ2n) is 4.25. The van der Waals surface area contributed by atoms with E-state index in [1.54, 1.807) is 14.0 Å². The predicted molar refractivity (Wildman–Crippen MR) is 70.0 cm³/mol. The minimum atomic E-state index is -4.54. The zero-order valence-corrected chi connectivity index (χ0v) is 11.6. The summed E-state index contributed by atoms with van der Waals surface area (Å²) in [5.41, 5.74) is -0.437. The Kier molecular flexibility index (Phi) is 4.10. The van der Waals surface area contributed by atoms with Crippen LogP contribution in [-0.2, 0) is 12.7 Å². The molecule has 7 heteroatoms.